The van der Waals surface area contributed by atoms with Gasteiger partial charge < -0.3 is 10.6 Å². The van der Waals surface area contributed by atoms with Gasteiger partial charge in [-0.2, -0.15) is 5.10 Å². The fourth-order valence-corrected chi connectivity index (χ4v) is 3.27. The smallest absolute Gasteiger partial charge is 0.319 e. The lowest BCUT2D eigenvalue weighted by atomic mass is 10.3. The Balaban J connectivity index is 1.65. The van der Waals surface area contributed by atoms with Gasteiger partial charge in [0.1, 0.15) is 0 Å². The second kappa shape index (κ2) is 7.14. The molecule has 3 aromatic rings. The molecule has 9 heteroatoms. The summed E-state index contributed by atoms with van der Waals surface area (Å²) in [5.41, 5.74) is 1.32. The van der Waals surface area contributed by atoms with Crippen molar-refractivity contribution < 1.29 is 13.2 Å². The normalized spacial score (nSPS) is 11.0. The van der Waals surface area contributed by atoms with Gasteiger partial charge in [-0.05, 0) is 36.4 Å². The molecule has 128 valence electrons. The molecule has 3 N–H and O–H groups in total. The van der Waals surface area contributed by atoms with Crippen molar-refractivity contribution in [3.8, 4) is 0 Å². The monoisotopic (exact) mass is 357 g/mol. The molecule has 0 radical (unpaired) electrons. The molecule has 0 aliphatic heterocycles. The van der Waals surface area contributed by atoms with E-state index in [1.54, 1.807) is 24.5 Å². The van der Waals surface area contributed by atoms with E-state index >= 15 is 0 Å². The number of rotatable bonds is 5. The van der Waals surface area contributed by atoms with Crippen LogP contribution in [0, 0.1) is 0 Å². The number of sulfone groups is 1. The fourth-order valence-electron chi connectivity index (χ4n) is 2.08. The summed E-state index contributed by atoms with van der Waals surface area (Å²) in [6, 6.07) is 10.2. The summed E-state index contributed by atoms with van der Waals surface area (Å²) in [5, 5.41) is 11.7. The molecule has 0 aliphatic rings. The zero-order valence-corrected chi connectivity index (χ0v) is 13.8. The highest BCUT2D eigenvalue weighted by Gasteiger charge is 2.18. The average molecular weight is 357 g/mol. The largest absolute Gasteiger partial charge is 0.334 e. The second-order valence-electron chi connectivity index (χ2n) is 5.11. The van der Waals surface area contributed by atoms with E-state index in [0.717, 1.165) is 5.56 Å². The van der Waals surface area contributed by atoms with Crippen molar-refractivity contribution >= 4 is 21.6 Å². The predicted molar refractivity (Wildman–Crippen MR) is 90.6 cm³/mol. The number of nitrogens with one attached hydrogen (secondary N) is 3. The van der Waals surface area contributed by atoms with Gasteiger partial charge in [0.2, 0.25) is 9.84 Å². The zero-order valence-electron chi connectivity index (χ0n) is 13.0. The van der Waals surface area contributed by atoms with E-state index in [0.29, 0.717) is 12.2 Å². The molecule has 2 amide bonds. The van der Waals surface area contributed by atoms with Gasteiger partial charge in [0.25, 0.3) is 0 Å². The first-order valence-electron chi connectivity index (χ1n) is 7.34. The summed E-state index contributed by atoms with van der Waals surface area (Å²) in [5.74, 6) is 0. The van der Waals surface area contributed by atoms with Gasteiger partial charge >= 0.3 is 6.03 Å². The third-order valence-corrected chi connectivity index (χ3v) is 5.03. The Labute approximate surface area is 144 Å². The highest BCUT2D eigenvalue weighted by atomic mass is 32.2. The summed E-state index contributed by atoms with van der Waals surface area (Å²) < 4.78 is 24.9. The Morgan fingerprint density at radius 2 is 1.92 bits per heavy atom. The van der Waals surface area contributed by atoms with Crippen LogP contribution >= 0.6 is 0 Å². The van der Waals surface area contributed by atoms with Crippen molar-refractivity contribution in [2.24, 2.45) is 0 Å². The molecule has 0 saturated carbocycles. The minimum Gasteiger partial charge on any atom is -0.334 e. The molecule has 0 aliphatic carbocycles. The molecular formula is C16H15N5O3S. The van der Waals surface area contributed by atoms with Crippen molar-refractivity contribution in [2.75, 3.05) is 5.32 Å². The SMILES string of the molecule is O=C(NCc1cn[nH]c1)Nc1ccc(S(=O)(=O)c2ccccn2)cc1. The number of nitrogens with zero attached hydrogens (tertiary/aromatic N) is 2. The van der Waals surface area contributed by atoms with Crippen molar-refractivity contribution in [1.29, 1.82) is 0 Å². The summed E-state index contributed by atoms with van der Waals surface area (Å²) in [6.07, 6.45) is 4.71. The van der Waals surface area contributed by atoms with Crippen molar-refractivity contribution in [3.63, 3.8) is 0 Å². The Bertz CT molecular complexity index is 939. The van der Waals surface area contributed by atoms with Gasteiger partial charge in [-0.3, -0.25) is 5.10 Å². The van der Waals surface area contributed by atoms with Gasteiger partial charge in [0.05, 0.1) is 11.1 Å². The van der Waals surface area contributed by atoms with Crippen molar-refractivity contribution in [1.82, 2.24) is 20.5 Å². The second-order valence-corrected chi connectivity index (χ2v) is 7.01. The first kappa shape index (κ1) is 16.7. The number of amides is 2. The first-order chi connectivity index (χ1) is 12.1. The van der Waals surface area contributed by atoms with Crippen molar-refractivity contribution in [3.05, 3.63) is 66.6 Å². The Hall–Kier alpha value is -3.20. The van der Waals surface area contributed by atoms with E-state index in [4.69, 9.17) is 0 Å². The third kappa shape index (κ3) is 4.01. The van der Waals surface area contributed by atoms with Crippen LogP contribution in [0.5, 0.6) is 0 Å². The van der Waals surface area contributed by atoms with Crippen LogP contribution in [0.4, 0.5) is 10.5 Å². The minimum atomic E-state index is -3.67. The summed E-state index contributed by atoms with van der Waals surface area (Å²) >= 11 is 0. The van der Waals surface area contributed by atoms with Crippen LogP contribution in [-0.2, 0) is 16.4 Å². The van der Waals surface area contributed by atoms with E-state index in [-0.39, 0.29) is 9.92 Å². The molecule has 3 rings (SSSR count). The highest BCUT2D eigenvalue weighted by Crippen LogP contribution is 2.20. The van der Waals surface area contributed by atoms with Crippen LogP contribution in [0.3, 0.4) is 0 Å². The standard InChI is InChI=1S/C16H15N5O3S/c22-16(18-9-12-10-19-20-11-12)21-13-4-6-14(7-5-13)25(23,24)15-3-1-2-8-17-15/h1-8,10-11H,9H2,(H,19,20)(H2,18,21,22). The lowest BCUT2D eigenvalue weighted by molar-refractivity contribution is 0.251. The first-order valence-corrected chi connectivity index (χ1v) is 8.83. The number of urea groups is 1. The van der Waals surface area contributed by atoms with Gasteiger partial charge in [0.15, 0.2) is 5.03 Å². The van der Waals surface area contributed by atoms with E-state index in [1.807, 2.05) is 0 Å². The lowest BCUT2D eigenvalue weighted by Gasteiger charge is -2.08. The van der Waals surface area contributed by atoms with Crippen molar-refractivity contribution in [2.45, 2.75) is 16.5 Å². The number of pyridine rings is 1. The number of hydrogen-bond acceptors (Lipinski definition) is 5. The highest BCUT2D eigenvalue weighted by molar-refractivity contribution is 7.91. The molecule has 25 heavy (non-hydrogen) atoms. The summed E-state index contributed by atoms with van der Waals surface area (Å²) in [4.78, 5) is 15.8. The summed E-state index contributed by atoms with van der Waals surface area (Å²) in [7, 11) is -3.67. The number of benzene rings is 1. The van der Waals surface area contributed by atoms with Crippen LogP contribution in [0.2, 0.25) is 0 Å². The molecule has 8 nitrogen and oxygen atoms in total. The Morgan fingerprint density at radius 1 is 1.12 bits per heavy atom. The molecule has 0 fully saturated rings. The van der Waals surface area contributed by atoms with Crippen LogP contribution in [0.25, 0.3) is 0 Å². The topological polar surface area (TPSA) is 117 Å². The number of anilines is 1. The Kier molecular flexibility index (Phi) is 4.75. The Morgan fingerprint density at radius 3 is 2.56 bits per heavy atom. The fraction of sp³-hybridized carbons (Fsp3) is 0.0625. The maximum Gasteiger partial charge on any atom is 0.319 e. The minimum absolute atomic E-state index is 0.0198. The maximum absolute atomic E-state index is 12.4. The molecule has 0 atom stereocenters. The van der Waals surface area contributed by atoms with E-state index in [2.05, 4.69) is 25.8 Å². The number of hydrogen-bond donors (Lipinski definition) is 3. The third-order valence-electron chi connectivity index (χ3n) is 3.34. The zero-order chi connectivity index (χ0) is 17.7. The van der Waals surface area contributed by atoms with Gasteiger partial charge in [-0.15, -0.1) is 0 Å². The number of H-pyrrole nitrogens is 1. The van der Waals surface area contributed by atoms with Crippen LogP contribution in [0.1, 0.15) is 5.56 Å². The van der Waals surface area contributed by atoms with Gasteiger partial charge in [-0.1, -0.05) is 6.07 Å². The molecular weight excluding hydrogens is 342 g/mol. The summed E-state index contributed by atoms with van der Waals surface area (Å²) in [6.45, 7) is 0.328. The van der Waals surface area contributed by atoms with Crippen LogP contribution in [0.15, 0.2) is 71.0 Å². The van der Waals surface area contributed by atoms with E-state index < -0.39 is 15.9 Å². The van der Waals surface area contributed by atoms with E-state index in [9.17, 15) is 13.2 Å². The van der Waals surface area contributed by atoms with Gasteiger partial charge in [0, 0.05) is 30.2 Å². The number of aromatic amines is 1. The van der Waals surface area contributed by atoms with Gasteiger partial charge in [-0.25, -0.2) is 18.2 Å². The molecule has 2 heterocycles. The van der Waals surface area contributed by atoms with E-state index in [1.165, 1.54) is 36.5 Å². The predicted octanol–water partition coefficient (Wildman–Crippen LogP) is 1.96. The van der Waals surface area contributed by atoms with Crippen LogP contribution in [-0.4, -0.2) is 29.6 Å². The molecule has 0 unspecified atom stereocenters. The average Bonchev–Trinajstić information content (AvgIpc) is 3.15. The number of carbonyl (C=O) groups is 1. The molecule has 1 aromatic carbocycles. The maximum atomic E-state index is 12.4. The lowest BCUT2D eigenvalue weighted by Crippen LogP contribution is -2.28. The quantitative estimate of drug-likeness (QED) is 0.645. The molecule has 0 spiro atoms. The number of aromatic nitrogens is 3. The molecule has 2 aromatic heterocycles. The number of carbonyl (C=O) groups excluding carboxylic acids is 1. The molecule has 0 saturated heterocycles. The van der Waals surface area contributed by atoms with Crippen LogP contribution < -0.4 is 10.6 Å². The molecule has 0 bridgehead atoms.